The first-order chi connectivity index (χ1) is 14.2. The zero-order valence-corrected chi connectivity index (χ0v) is 20.0. The fourth-order valence-corrected chi connectivity index (χ4v) is 3.62. The molecule has 0 spiro atoms. The summed E-state index contributed by atoms with van der Waals surface area (Å²) in [6.45, 7) is 2.25. The normalized spacial score (nSPS) is 12.7. The molecule has 0 atom stereocenters. The van der Waals surface area contributed by atoms with Crippen molar-refractivity contribution in [1.29, 1.82) is 0 Å². The van der Waals surface area contributed by atoms with Gasteiger partial charge in [-0.25, -0.2) is 0 Å². The summed E-state index contributed by atoms with van der Waals surface area (Å²) in [5.74, 6) is 1.84. The van der Waals surface area contributed by atoms with Gasteiger partial charge in [-0.2, -0.15) is 0 Å². The molecule has 0 radical (unpaired) electrons. The van der Waals surface area contributed by atoms with Crippen LogP contribution in [0.4, 0.5) is 5.69 Å². The number of rotatable bonds is 8. The van der Waals surface area contributed by atoms with Gasteiger partial charge in [0.15, 0.2) is 5.96 Å². The molecule has 0 aliphatic carbocycles. The Kier molecular flexibility index (Phi) is 9.93. The summed E-state index contributed by atoms with van der Waals surface area (Å²) < 4.78 is 5.39. The lowest BCUT2D eigenvalue weighted by Gasteiger charge is -2.17. The summed E-state index contributed by atoms with van der Waals surface area (Å²) in [6, 6.07) is 16.2. The van der Waals surface area contributed by atoms with Crippen LogP contribution in [0.1, 0.15) is 24.0 Å². The van der Waals surface area contributed by atoms with E-state index in [0.29, 0.717) is 13.0 Å². The topological polar surface area (TPSA) is 66.0 Å². The summed E-state index contributed by atoms with van der Waals surface area (Å²) in [5.41, 5.74) is 3.49. The Hall–Kier alpha value is -2.29. The Morgan fingerprint density at radius 2 is 1.83 bits per heavy atom. The lowest BCUT2D eigenvalue weighted by molar-refractivity contribution is -0.118. The number of ether oxygens (including phenoxy) is 1. The highest BCUT2D eigenvalue weighted by Gasteiger charge is 2.23. The molecular formula is C23H31IN4O2. The first-order valence-corrected chi connectivity index (χ1v) is 10.2. The highest BCUT2D eigenvalue weighted by atomic mass is 127. The van der Waals surface area contributed by atoms with Gasteiger partial charge in [-0.3, -0.25) is 9.79 Å². The molecule has 0 unspecified atom stereocenters. The van der Waals surface area contributed by atoms with Gasteiger partial charge in [0.2, 0.25) is 5.91 Å². The molecule has 1 amide bonds. The van der Waals surface area contributed by atoms with Gasteiger partial charge in [-0.05, 0) is 42.5 Å². The SMILES string of the molecule is CN=C(NCCCC(=O)N1CCc2ccccc21)NCCc1ccccc1OC.I. The van der Waals surface area contributed by atoms with Crippen LogP contribution in [-0.4, -0.2) is 45.7 Å². The van der Waals surface area contributed by atoms with Crippen LogP contribution in [0.2, 0.25) is 0 Å². The molecule has 0 saturated heterocycles. The summed E-state index contributed by atoms with van der Waals surface area (Å²) in [5, 5.41) is 6.60. The number of aliphatic imine (C=N–C) groups is 1. The summed E-state index contributed by atoms with van der Waals surface area (Å²) in [7, 11) is 3.44. The van der Waals surface area contributed by atoms with Crippen LogP contribution in [0.25, 0.3) is 0 Å². The number of benzene rings is 2. The Morgan fingerprint density at radius 1 is 1.10 bits per heavy atom. The first kappa shape index (κ1) is 24.0. The van der Waals surface area contributed by atoms with Gasteiger partial charge in [0.1, 0.15) is 5.75 Å². The molecule has 1 aliphatic rings. The Bertz CT molecular complexity index is 857. The number of hydrogen-bond donors (Lipinski definition) is 2. The van der Waals surface area contributed by atoms with Crippen LogP contribution in [0, 0.1) is 0 Å². The lowest BCUT2D eigenvalue weighted by Crippen LogP contribution is -2.39. The van der Waals surface area contributed by atoms with E-state index in [0.717, 1.165) is 55.3 Å². The van der Waals surface area contributed by atoms with Gasteiger partial charge in [0.05, 0.1) is 7.11 Å². The third-order valence-corrected chi connectivity index (χ3v) is 5.15. The van der Waals surface area contributed by atoms with Crippen LogP contribution < -0.4 is 20.3 Å². The van der Waals surface area contributed by atoms with Gasteiger partial charge in [-0.15, -0.1) is 24.0 Å². The number of methoxy groups -OCH3 is 1. The van der Waals surface area contributed by atoms with Gasteiger partial charge in [0, 0.05) is 38.8 Å². The quantitative estimate of drug-likeness (QED) is 0.242. The molecule has 3 rings (SSSR count). The summed E-state index contributed by atoms with van der Waals surface area (Å²) in [4.78, 5) is 18.7. The molecule has 0 saturated carbocycles. The van der Waals surface area contributed by atoms with Crippen molar-refractivity contribution < 1.29 is 9.53 Å². The maximum atomic E-state index is 12.6. The van der Waals surface area contributed by atoms with Crippen LogP contribution >= 0.6 is 24.0 Å². The number of carbonyl (C=O) groups is 1. The number of carbonyl (C=O) groups excluding carboxylic acids is 1. The molecule has 2 aromatic rings. The van der Waals surface area contributed by atoms with Gasteiger partial charge < -0.3 is 20.3 Å². The summed E-state index contributed by atoms with van der Waals surface area (Å²) in [6.07, 6.45) is 3.09. The van der Waals surface area contributed by atoms with E-state index in [1.165, 1.54) is 5.56 Å². The van der Waals surface area contributed by atoms with E-state index in [9.17, 15) is 4.79 Å². The van der Waals surface area contributed by atoms with Gasteiger partial charge in [0.25, 0.3) is 0 Å². The zero-order chi connectivity index (χ0) is 20.5. The van der Waals surface area contributed by atoms with E-state index >= 15 is 0 Å². The highest BCUT2D eigenvalue weighted by molar-refractivity contribution is 14.0. The van der Waals surface area contributed by atoms with Crippen molar-refractivity contribution in [3.05, 3.63) is 59.7 Å². The smallest absolute Gasteiger partial charge is 0.227 e. The van der Waals surface area contributed by atoms with E-state index in [2.05, 4.69) is 27.8 Å². The number of nitrogens with zero attached hydrogens (tertiary/aromatic N) is 2. The maximum absolute atomic E-state index is 12.6. The largest absolute Gasteiger partial charge is 0.496 e. The molecule has 6 nitrogen and oxygen atoms in total. The number of guanidine groups is 1. The second kappa shape index (κ2) is 12.4. The molecule has 7 heteroatoms. The van der Waals surface area contributed by atoms with Crippen molar-refractivity contribution in [2.75, 3.05) is 38.7 Å². The minimum atomic E-state index is 0. The lowest BCUT2D eigenvalue weighted by atomic mass is 10.1. The molecule has 0 fully saturated rings. The molecule has 2 aromatic carbocycles. The minimum Gasteiger partial charge on any atom is -0.496 e. The van der Waals surface area contributed by atoms with Crippen molar-refractivity contribution in [3.63, 3.8) is 0 Å². The van der Waals surface area contributed by atoms with Crippen molar-refractivity contribution in [3.8, 4) is 5.75 Å². The maximum Gasteiger partial charge on any atom is 0.227 e. The molecule has 1 aliphatic heterocycles. The molecule has 1 heterocycles. The second-order valence-corrected chi connectivity index (χ2v) is 7.02. The van der Waals surface area contributed by atoms with E-state index in [4.69, 9.17) is 4.74 Å². The molecular weight excluding hydrogens is 491 g/mol. The summed E-state index contributed by atoms with van der Waals surface area (Å²) >= 11 is 0. The number of fused-ring (bicyclic) bond motifs is 1. The number of nitrogens with one attached hydrogen (secondary N) is 2. The number of amides is 1. The van der Waals surface area contributed by atoms with Crippen LogP contribution in [0.5, 0.6) is 5.75 Å². The van der Waals surface area contributed by atoms with Crippen LogP contribution in [0.3, 0.4) is 0 Å². The predicted octanol–water partition coefficient (Wildman–Crippen LogP) is 3.39. The minimum absolute atomic E-state index is 0. The van der Waals surface area contributed by atoms with E-state index < -0.39 is 0 Å². The average Bonchev–Trinajstić information content (AvgIpc) is 3.20. The first-order valence-electron chi connectivity index (χ1n) is 10.2. The van der Waals surface area contributed by atoms with Gasteiger partial charge in [-0.1, -0.05) is 36.4 Å². The third kappa shape index (κ3) is 6.35. The standard InChI is InChI=1S/C23H30N4O2.HI/c1-24-23(26-16-13-19-9-4-6-11-21(19)29-2)25-15-7-12-22(28)27-17-14-18-8-3-5-10-20(18)27;/h3-6,8-11H,7,12-17H2,1-2H3,(H2,24,25,26);1H. The molecule has 162 valence electrons. The van der Waals surface area contributed by atoms with Gasteiger partial charge >= 0.3 is 0 Å². The molecule has 0 bridgehead atoms. The number of hydrogen-bond acceptors (Lipinski definition) is 3. The highest BCUT2D eigenvalue weighted by Crippen LogP contribution is 2.27. The number of anilines is 1. The molecule has 2 N–H and O–H groups in total. The van der Waals surface area contributed by atoms with Crippen LogP contribution in [0.15, 0.2) is 53.5 Å². The Balaban J connectivity index is 0.00000320. The van der Waals surface area contributed by atoms with E-state index in [-0.39, 0.29) is 29.9 Å². The average molecular weight is 522 g/mol. The van der Waals surface area contributed by atoms with Crippen molar-refractivity contribution in [2.45, 2.75) is 25.7 Å². The zero-order valence-electron chi connectivity index (χ0n) is 17.7. The molecule has 30 heavy (non-hydrogen) atoms. The van der Waals surface area contributed by atoms with E-state index in [1.807, 2.05) is 41.3 Å². The number of para-hydroxylation sites is 2. The predicted molar refractivity (Wildman–Crippen MR) is 133 cm³/mol. The van der Waals surface area contributed by atoms with Crippen molar-refractivity contribution in [2.24, 2.45) is 4.99 Å². The fourth-order valence-electron chi connectivity index (χ4n) is 3.62. The van der Waals surface area contributed by atoms with E-state index in [1.54, 1.807) is 14.2 Å². The molecule has 0 aromatic heterocycles. The van der Waals surface area contributed by atoms with Crippen molar-refractivity contribution in [1.82, 2.24) is 10.6 Å². The third-order valence-electron chi connectivity index (χ3n) is 5.15. The fraction of sp³-hybridized carbons (Fsp3) is 0.391. The monoisotopic (exact) mass is 522 g/mol. The Morgan fingerprint density at radius 3 is 2.63 bits per heavy atom. The number of halogens is 1. The van der Waals surface area contributed by atoms with Crippen molar-refractivity contribution >= 4 is 41.5 Å². The Labute approximate surface area is 196 Å². The van der Waals surface area contributed by atoms with Crippen LogP contribution in [-0.2, 0) is 17.6 Å². The second-order valence-electron chi connectivity index (χ2n) is 7.02.